The van der Waals surface area contributed by atoms with Crippen molar-refractivity contribution in [2.75, 3.05) is 12.7 Å². The number of benzene rings is 1. The molecule has 2 aromatic heterocycles. The van der Waals surface area contributed by atoms with Crippen LogP contribution in [0.1, 0.15) is 35.6 Å². The highest BCUT2D eigenvalue weighted by Crippen LogP contribution is 2.51. The highest BCUT2D eigenvalue weighted by atomic mass is 31.2. The summed E-state index contributed by atoms with van der Waals surface area (Å²) < 4.78 is 54.4. The van der Waals surface area contributed by atoms with Crippen LogP contribution < -0.4 is 10.1 Å². The zero-order valence-corrected chi connectivity index (χ0v) is 23.1. The normalized spacial score (nSPS) is 26.0. The molecular weight excluding hydrogens is 543 g/mol. The Bertz CT molecular complexity index is 1610. The number of fused-ring (bicyclic) bond motifs is 1. The van der Waals surface area contributed by atoms with Crippen molar-refractivity contribution >= 4 is 24.7 Å². The van der Waals surface area contributed by atoms with Gasteiger partial charge in [0.05, 0.1) is 33.8 Å². The van der Waals surface area contributed by atoms with E-state index in [4.69, 9.17) is 27.7 Å². The minimum absolute atomic E-state index is 0.0557. The molecule has 3 aromatic rings. The second-order valence-electron chi connectivity index (χ2n) is 9.59. The predicted molar refractivity (Wildman–Crippen MR) is 142 cm³/mol. The Morgan fingerprint density at radius 3 is 2.73 bits per heavy atom. The van der Waals surface area contributed by atoms with Crippen molar-refractivity contribution in [3.05, 3.63) is 52.8 Å². The summed E-state index contributed by atoms with van der Waals surface area (Å²) in [6, 6.07) is 7.76. The molecule has 1 aliphatic heterocycles. The Kier molecular flexibility index (Phi) is 7.69. The molecule has 3 N–H and O–H groups in total. The van der Waals surface area contributed by atoms with Gasteiger partial charge in [-0.1, -0.05) is 31.0 Å². The van der Waals surface area contributed by atoms with Crippen molar-refractivity contribution in [2.45, 2.75) is 57.8 Å². The third-order valence-electron chi connectivity index (χ3n) is 5.97. The first kappa shape index (κ1) is 26.7. The molecule has 6 atom stereocenters. The van der Waals surface area contributed by atoms with Crippen molar-refractivity contribution in [3.63, 3.8) is 0 Å². The van der Waals surface area contributed by atoms with E-state index in [0.717, 1.165) is 10.9 Å². The molecule has 0 saturated carbocycles. The fraction of sp³-hybridized carbons (Fsp3) is 0.462. The number of aromatic amines is 1. The van der Waals surface area contributed by atoms with Gasteiger partial charge in [-0.25, -0.2) is 14.5 Å². The van der Waals surface area contributed by atoms with Gasteiger partial charge in [-0.2, -0.15) is 0 Å². The van der Waals surface area contributed by atoms with Crippen molar-refractivity contribution in [2.24, 2.45) is 5.92 Å². The van der Waals surface area contributed by atoms with Gasteiger partial charge >= 0.3 is 13.6 Å². The van der Waals surface area contributed by atoms with Gasteiger partial charge in [-0.15, -0.1) is 6.42 Å². The molecule has 0 amide bonds. The number of imidazole rings is 1. The molecule has 1 fully saturated rings. The van der Waals surface area contributed by atoms with E-state index in [-0.39, 0.29) is 22.7 Å². The third-order valence-corrected chi connectivity index (χ3v) is 7.84. The van der Waals surface area contributed by atoms with Crippen molar-refractivity contribution in [3.8, 4) is 18.1 Å². The van der Waals surface area contributed by atoms with Gasteiger partial charge in [0.2, 0.25) is 0 Å². The standard InChI is InChI=1S/C26H31N4O9P/c1-6-26(34)21(31)19(38-25(26)30-14-27-20-22(30)28-17(5)29-23(20)32)12-36-40(35,39-18-10-8-7-9-11-18)13-16(4)24(33)37-15(2)3/h1,7-11,14-16,19,21,25,31,34H,12-13H2,2-5H3,(H,28,29,32)/t16-,19-,21+,25-,26?,40+/m1/s1/i12D2. The number of carbonyl (C=O) groups is 1. The average Bonchev–Trinajstić information content (AvgIpc) is 3.42. The zero-order chi connectivity index (χ0) is 31.0. The first-order valence-corrected chi connectivity index (χ1v) is 14.0. The Labute approximate surface area is 232 Å². The molecule has 0 aliphatic carbocycles. The van der Waals surface area contributed by atoms with E-state index < -0.39 is 67.9 Å². The lowest BCUT2D eigenvalue weighted by Crippen LogP contribution is -2.46. The summed E-state index contributed by atoms with van der Waals surface area (Å²) in [6.07, 6.45) is -0.282. The molecule has 0 spiro atoms. The maximum Gasteiger partial charge on any atom is 0.380 e. The van der Waals surface area contributed by atoms with Crippen molar-refractivity contribution < 1.29 is 40.8 Å². The number of rotatable bonds is 10. The first-order chi connectivity index (χ1) is 19.6. The number of hydrogen-bond donors (Lipinski definition) is 3. The van der Waals surface area contributed by atoms with Gasteiger partial charge in [-0.3, -0.25) is 18.7 Å². The number of nitrogens with zero attached hydrogens (tertiary/aromatic N) is 3. The maximum absolute atomic E-state index is 14.1. The number of carbonyl (C=O) groups excluding carboxylic acids is 1. The fourth-order valence-corrected chi connectivity index (χ4v) is 5.77. The summed E-state index contributed by atoms with van der Waals surface area (Å²) in [4.78, 5) is 35.5. The van der Waals surface area contributed by atoms with Crippen LogP contribution in [0.25, 0.3) is 11.2 Å². The average molecular weight is 577 g/mol. The highest BCUT2D eigenvalue weighted by Gasteiger charge is 2.56. The van der Waals surface area contributed by atoms with Crippen LogP contribution in [-0.2, 0) is 23.4 Å². The summed E-state index contributed by atoms with van der Waals surface area (Å²) >= 11 is 0. The smallest absolute Gasteiger partial charge is 0.380 e. The van der Waals surface area contributed by atoms with Gasteiger partial charge in [0, 0.05) is 0 Å². The first-order valence-electron chi connectivity index (χ1n) is 13.3. The molecule has 14 heteroatoms. The van der Waals surface area contributed by atoms with E-state index >= 15 is 0 Å². The number of esters is 1. The minimum atomic E-state index is -4.55. The summed E-state index contributed by atoms with van der Waals surface area (Å²) in [7, 11) is -4.55. The predicted octanol–water partition coefficient (Wildman–Crippen LogP) is 1.93. The van der Waals surface area contributed by atoms with Gasteiger partial charge in [0.1, 0.15) is 23.8 Å². The number of H-pyrrole nitrogens is 1. The minimum Gasteiger partial charge on any atom is -0.463 e. The molecule has 1 saturated heterocycles. The number of para-hydroxylation sites is 1. The number of aliphatic hydroxyl groups excluding tert-OH is 1. The molecule has 40 heavy (non-hydrogen) atoms. The highest BCUT2D eigenvalue weighted by molar-refractivity contribution is 7.54. The lowest BCUT2D eigenvalue weighted by atomic mass is 9.95. The van der Waals surface area contributed by atoms with E-state index in [2.05, 4.69) is 15.0 Å². The van der Waals surface area contributed by atoms with Crippen LogP contribution in [0.5, 0.6) is 5.75 Å². The van der Waals surface area contributed by atoms with Crippen LogP contribution in [0, 0.1) is 25.2 Å². The Hall–Kier alpha value is -3.53. The molecule has 13 nitrogen and oxygen atoms in total. The second kappa shape index (κ2) is 11.5. The number of aryl methyl sites for hydroxylation is 1. The van der Waals surface area contributed by atoms with Crippen LogP contribution in [0.15, 0.2) is 41.5 Å². The zero-order valence-electron chi connectivity index (χ0n) is 24.2. The van der Waals surface area contributed by atoms with Crippen LogP contribution in [0.3, 0.4) is 0 Å². The number of aromatic nitrogens is 4. The van der Waals surface area contributed by atoms with Crippen molar-refractivity contribution in [1.29, 1.82) is 0 Å². The molecule has 1 aliphatic rings. The van der Waals surface area contributed by atoms with Gasteiger partial charge in [0.25, 0.3) is 5.56 Å². The topological polar surface area (TPSA) is 175 Å². The fourth-order valence-electron chi connectivity index (χ4n) is 4.05. The number of ether oxygens (including phenoxy) is 2. The molecule has 0 radical (unpaired) electrons. The third kappa shape index (κ3) is 5.96. The lowest BCUT2D eigenvalue weighted by molar-refractivity contribution is -0.151. The molecule has 214 valence electrons. The molecule has 3 heterocycles. The van der Waals surface area contributed by atoms with E-state index in [1.54, 1.807) is 32.0 Å². The monoisotopic (exact) mass is 576 g/mol. The SMILES string of the molecule is [2H]C([2H])(O[P@@](=O)(C[C@@H](C)C(=O)OC(C)C)Oc1ccccc1)[C@H]1O[C@@H](n2cnc3c(=O)[nH]c(C)nc32)C(O)(C#C)[C@H]1O. The molecule has 1 aromatic carbocycles. The van der Waals surface area contributed by atoms with E-state index in [1.165, 1.54) is 26.0 Å². The van der Waals surface area contributed by atoms with Crippen LogP contribution in [0.4, 0.5) is 0 Å². The van der Waals surface area contributed by atoms with Gasteiger partial charge in [0.15, 0.2) is 23.0 Å². The van der Waals surface area contributed by atoms with Gasteiger partial charge < -0.3 is 29.2 Å². The number of nitrogens with one attached hydrogen (secondary N) is 1. The number of terminal acetylenes is 1. The van der Waals surface area contributed by atoms with E-state index in [1.807, 2.05) is 5.92 Å². The lowest BCUT2D eigenvalue weighted by Gasteiger charge is -2.26. The summed E-state index contributed by atoms with van der Waals surface area (Å²) in [5.74, 6) is 0.529. The van der Waals surface area contributed by atoms with Crippen LogP contribution in [-0.4, -0.2) is 72.3 Å². The Balaban J connectivity index is 1.69. The second-order valence-corrected chi connectivity index (χ2v) is 11.5. The van der Waals surface area contributed by atoms with E-state index in [9.17, 15) is 24.4 Å². The van der Waals surface area contributed by atoms with E-state index in [0.29, 0.717) is 0 Å². The molecule has 0 bridgehead atoms. The van der Waals surface area contributed by atoms with Crippen LogP contribution >= 0.6 is 7.60 Å². The number of hydrogen-bond acceptors (Lipinski definition) is 11. The van der Waals surface area contributed by atoms with Gasteiger partial charge in [-0.05, 0) is 32.9 Å². The quantitative estimate of drug-likeness (QED) is 0.183. The molecule has 1 unspecified atom stereocenters. The summed E-state index contributed by atoms with van der Waals surface area (Å²) in [5, 5.41) is 22.4. The van der Waals surface area contributed by atoms with Crippen molar-refractivity contribution in [1.82, 2.24) is 19.5 Å². The number of aliphatic hydroxyl groups is 2. The van der Waals surface area contributed by atoms with Crippen LogP contribution in [0.2, 0.25) is 0 Å². The Morgan fingerprint density at radius 1 is 1.38 bits per heavy atom. The summed E-state index contributed by atoms with van der Waals surface area (Å²) in [6.45, 7) is 3.07. The molecular formula is C26H31N4O9P. The largest absolute Gasteiger partial charge is 0.463 e. The molecule has 4 rings (SSSR count). The Morgan fingerprint density at radius 2 is 2.08 bits per heavy atom. The summed E-state index contributed by atoms with van der Waals surface area (Å²) in [5.41, 5.74) is -3.34. The maximum atomic E-state index is 14.1.